The molecule has 1 aromatic rings. The van der Waals surface area contributed by atoms with Crippen molar-refractivity contribution in [1.82, 2.24) is 10.0 Å². The van der Waals surface area contributed by atoms with Crippen LogP contribution in [0.2, 0.25) is 0 Å². The molecule has 0 aliphatic rings. The molecule has 0 bridgehead atoms. The fourth-order valence-corrected chi connectivity index (χ4v) is 3.02. The lowest BCUT2D eigenvalue weighted by Crippen LogP contribution is -2.43. The Labute approximate surface area is 111 Å². The topological polar surface area (TPSA) is 101 Å². The van der Waals surface area contributed by atoms with Crippen LogP contribution in [0, 0.1) is 5.82 Å². The molecule has 0 radical (unpaired) electrons. The van der Waals surface area contributed by atoms with Crippen LogP contribution in [-0.4, -0.2) is 27.4 Å². The van der Waals surface area contributed by atoms with Crippen LogP contribution in [-0.2, 0) is 21.4 Å². The first-order chi connectivity index (χ1) is 8.83. The van der Waals surface area contributed by atoms with Gasteiger partial charge in [-0.25, -0.2) is 12.8 Å². The van der Waals surface area contributed by atoms with Crippen LogP contribution < -0.4 is 15.8 Å². The average molecular weight is 289 g/mol. The van der Waals surface area contributed by atoms with Gasteiger partial charge in [0.15, 0.2) is 0 Å². The zero-order chi connectivity index (χ0) is 14.6. The number of benzene rings is 1. The SMILES string of the molecule is CNC(=O)C(C)NS(=O)(=O)c1cccc(F)c1CN. The molecule has 1 amide bonds. The smallest absolute Gasteiger partial charge is 0.241 e. The summed E-state index contributed by atoms with van der Waals surface area (Å²) in [6.45, 7) is 1.13. The number of hydrogen-bond acceptors (Lipinski definition) is 4. The van der Waals surface area contributed by atoms with Crippen LogP contribution in [0.4, 0.5) is 4.39 Å². The van der Waals surface area contributed by atoms with Gasteiger partial charge >= 0.3 is 0 Å². The molecule has 8 heteroatoms. The van der Waals surface area contributed by atoms with E-state index in [1.807, 2.05) is 0 Å². The zero-order valence-corrected chi connectivity index (χ0v) is 11.4. The van der Waals surface area contributed by atoms with Crippen molar-refractivity contribution in [3.05, 3.63) is 29.6 Å². The van der Waals surface area contributed by atoms with E-state index in [1.165, 1.54) is 26.1 Å². The van der Waals surface area contributed by atoms with Gasteiger partial charge in [-0.05, 0) is 19.1 Å². The normalized spacial score (nSPS) is 13.1. The molecule has 0 fully saturated rings. The summed E-state index contributed by atoms with van der Waals surface area (Å²) in [6.07, 6.45) is 0. The maximum absolute atomic E-state index is 13.5. The van der Waals surface area contributed by atoms with Gasteiger partial charge in [-0.1, -0.05) is 6.07 Å². The monoisotopic (exact) mass is 289 g/mol. The minimum absolute atomic E-state index is 0.112. The zero-order valence-electron chi connectivity index (χ0n) is 10.6. The molecular formula is C11H16FN3O3S. The van der Waals surface area contributed by atoms with Crippen LogP contribution in [0.1, 0.15) is 12.5 Å². The van der Waals surface area contributed by atoms with Gasteiger partial charge in [0.1, 0.15) is 5.82 Å². The third-order valence-corrected chi connectivity index (χ3v) is 4.17. The fraction of sp³-hybridized carbons (Fsp3) is 0.364. The first-order valence-corrected chi connectivity index (χ1v) is 7.03. The van der Waals surface area contributed by atoms with E-state index in [0.29, 0.717) is 0 Å². The van der Waals surface area contributed by atoms with Crippen LogP contribution in [0.5, 0.6) is 0 Å². The first kappa shape index (κ1) is 15.5. The van der Waals surface area contributed by atoms with Crippen molar-refractivity contribution in [2.24, 2.45) is 5.73 Å². The number of nitrogens with two attached hydrogens (primary N) is 1. The molecule has 0 heterocycles. The molecule has 0 aliphatic heterocycles. The van der Waals surface area contributed by atoms with E-state index in [4.69, 9.17) is 5.73 Å². The van der Waals surface area contributed by atoms with E-state index in [0.717, 1.165) is 6.07 Å². The standard InChI is InChI=1S/C11H16FN3O3S/c1-7(11(16)14-2)15-19(17,18)10-5-3-4-9(12)8(10)6-13/h3-5,7,15H,6,13H2,1-2H3,(H,14,16). The van der Waals surface area contributed by atoms with Gasteiger partial charge in [-0.2, -0.15) is 4.72 Å². The van der Waals surface area contributed by atoms with E-state index < -0.39 is 27.8 Å². The number of carbonyl (C=O) groups excluding carboxylic acids is 1. The summed E-state index contributed by atoms with van der Waals surface area (Å²) in [6, 6.07) is 2.67. The van der Waals surface area contributed by atoms with E-state index in [9.17, 15) is 17.6 Å². The molecule has 0 saturated carbocycles. The Bertz CT molecular complexity index is 575. The summed E-state index contributed by atoms with van der Waals surface area (Å²) in [5, 5.41) is 2.31. The first-order valence-electron chi connectivity index (χ1n) is 5.55. The second kappa shape index (κ2) is 6.09. The largest absolute Gasteiger partial charge is 0.358 e. The Kier molecular flexibility index (Phi) is 4.98. The molecule has 1 aromatic carbocycles. The lowest BCUT2D eigenvalue weighted by molar-refractivity contribution is -0.121. The predicted molar refractivity (Wildman–Crippen MR) is 68.1 cm³/mol. The Morgan fingerprint density at radius 1 is 1.47 bits per heavy atom. The van der Waals surface area contributed by atoms with Crippen molar-refractivity contribution in [3.63, 3.8) is 0 Å². The molecule has 0 saturated heterocycles. The van der Waals surface area contributed by atoms with Crippen LogP contribution in [0.15, 0.2) is 23.1 Å². The third-order valence-electron chi connectivity index (χ3n) is 2.54. The molecule has 0 spiro atoms. The minimum Gasteiger partial charge on any atom is -0.358 e. The van der Waals surface area contributed by atoms with Crippen LogP contribution in [0.3, 0.4) is 0 Å². The highest BCUT2D eigenvalue weighted by molar-refractivity contribution is 7.89. The van der Waals surface area contributed by atoms with Crippen molar-refractivity contribution in [2.75, 3.05) is 7.05 Å². The lowest BCUT2D eigenvalue weighted by Gasteiger charge is -2.15. The Morgan fingerprint density at radius 3 is 2.63 bits per heavy atom. The van der Waals surface area contributed by atoms with Gasteiger partial charge in [0.2, 0.25) is 15.9 Å². The average Bonchev–Trinajstić information content (AvgIpc) is 2.36. The van der Waals surface area contributed by atoms with Gasteiger partial charge in [0.05, 0.1) is 10.9 Å². The maximum Gasteiger partial charge on any atom is 0.241 e. The maximum atomic E-state index is 13.5. The van der Waals surface area contributed by atoms with Crippen molar-refractivity contribution >= 4 is 15.9 Å². The lowest BCUT2D eigenvalue weighted by atomic mass is 10.2. The van der Waals surface area contributed by atoms with Crippen molar-refractivity contribution < 1.29 is 17.6 Å². The van der Waals surface area contributed by atoms with Crippen molar-refractivity contribution in [3.8, 4) is 0 Å². The quantitative estimate of drug-likeness (QED) is 0.692. The molecule has 6 nitrogen and oxygen atoms in total. The molecule has 1 atom stereocenters. The second-order valence-electron chi connectivity index (χ2n) is 3.88. The summed E-state index contributed by atoms with van der Waals surface area (Å²) in [7, 11) is -2.62. The molecular weight excluding hydrogens is 273 g/mol. The molecule has 1 rings (SSSR count). The highest BCUT2D eigenvalue weighted by Gasteiger charge is 2.24. The number of rotatable bonds is 5. The number of likely N-dealkylation sites (N-methyl/N-ethyl adjacent to an activating group) is 1. The summed E-state index contributed by atoms with van der Waals surface area (Å²) >= 11 is 0. The molecule has 4 N–H and O–H groups in total. The Hall–Kier alpha value is -1.51. The Morgan fingerprint density at radius 2 is 2.11 bits per heavy atom. The summed E-state index contributed by atoms with van der Waals surface area (Å²) in [4.78, 5) is 11.0. The van der Waals surface area contributed by atoms with Gasteiger partial charge in [-0.3, -0.25) is 4.79 Å². The number of halogens is 1. The highest BCUT2D eigenvalue weighted by atomic mass is 32.2. The van der Waals surface area contributed by atoms with E-state index >= 15 is 0 Å². The number of sulfonamides is 1. The van der Waals surface area contributed by atoms with Gasteiger partial charge < -0.3 is 11.1 Å². The van der Waals surface area contributed by atoms with E-state index in [1.54, 1.807) is 0 Å². The Balaban J connectivity index is 3.14. The van der Waals surface area contributed by atoms with Gasteiger partial charge in [-0.15, -0.1) is 0 Å². The molecule has 1 unspecified atom stereocenters. The van der Waals surface area contributed by atoms with E-state index in [-0.39, 0.29) is 17.0 Å². The molecule has 106 valence electrons. The van der Waals surface area contributed by atoms with Crippen LogP contribution >= 0.6 is 0 Å². The molecule has 19 heavy (non-hydrogen) atoms. The fourth-order valence-electron chi connectivity index (χ4n) is 1.55. The summed E-state index contributed by atoms with van der Waals surface area (Å²) < 4.78 is 39.8. The van der Waals surface area contributed by atoms with Crippen LogP contribution in [0.25, 0.3) is 0 Å². The number of carbonyl (C=O) groups is 1. The number of amides is 1. The van der Waals surface area contributed by atoms with Crippen molar-refractivity contribution in [1.29, 1.82) is 0 Å². The van der Waals surface area contributed by atoms with Gasteiger partial charge in [0, 0.05) is 19.2 Å². The summed E-state index contributed by atoms with van der Waals surface area (Å²) in [5.74, 6) is -1.19. The highest BCUT2D eigenvalue weighted by Crippen LogP contribution is 2.18. The number of hydrogen-bond donors (Lipinski definition) is 3. The number of nitrogens with one attached hydrogen (secondary N) is 2. The molecule has 0 aromatic heterocycles. The van der Waals surface area contributed by atoms with E-state index in [2.05, 4.69) is 10.0 Å². The predicted octanol–water partition coefficient (Wildman–Crippen LogP) is -0.303. The molecule has 0 aliphatic carbocycles. The third kappa shape index (κ3) is 3.49. The minimum atomic E-state index is -4.01. The van der Waals surface area contributed by atoms with Gasteiger partial charge in [0.25, 0.3) is 0 Å². The van der Waals surface area contributed by atoms with Crippen molar-refractivity contribution in [2.45, 2.75) is 24.4 Å². The summed E-state index contributed by atoms with van der Waals surface area (Å²) in [5.41, 5.74) is 5.24. The second-order valence-corrected chi connectivity index (χ2v) is 5.56.